The third kappa shape index (κ3) is 3.12. The van der Waals surface area contributed by atoms with E-state index in [0.717, 1.165) is 11.1 Å². The topological polar surface area (TPSA) is 29.1 Å². The Hall–Kier alpha value is -1.87. The van der Waals surface area contributed by atoms with Gasteiger partial charge in [0.25, 0.3) is 5.91 Å². The van der Waals surface area contributed by atoms with Gasteiger partial charge >= 0.3 is 0 Å². The van der Waals surface area contributed by atoms with E-state index < -0.39 is 11.7 Å². The highest BCUT2D eigenvalue weighted by Gasteiger charge is 2.12. The molecule has 0 fully saturated rings. The van der Waals surface area contributed by atoms with Crippen LogP contribution in [0.5, 0.6) is 0 Å². The number of amides is 1. The van der Waals surface area contributed by atoms with Gasteiger partial charge in [-0.3, -0.25) is 4.79 Å². The van der Waals surface area contributed by atoms with Gasteiger partial charge in [0, 0.05) is 10.7 Å². The molecule has 2 nitrogen and oxygen atoms in total. The van der Waals surface area contributed by atoms with E-state index in [-0.39, 0.29) is 5.56 Å². The largest absolute Gasteiger partial charge is 0.322 e. The molecule has 98 valence electrons. The zero-order chi connectivity index (χ0) is 14.0. The van der Waals surface area contributed by atoms with Crippen LogP contribution in [0.2, 0.25) is 5.02 Å². The zero-order valence-electron chi connectivity index (χ0n) is 10.6. The van der Waals surface area contributed by atoms with Crippen molar-refractivity contribution in [2.24, 2.45) is 0 Å². The number of hydrogen-bond donors (Lipinski definition) is 1. The van der Waals surface area contributed by atoms with Gasteiger partial charge in [-0.1, -0.05) is 17.7 Å². The summed E-state index contributed by atoms with van der Waals surface area (Å²) in [6.07, 6.45) is 0. The predicted octanol–water partition coefficient (Wildman–Crippen LogP) is 4.35. The van der Waals surface area contributed by atoms with E-state index in [0.29, 0.717) is 10.7 Å². The molecular formula is C15H13ClFNO. The maximum absolute atomic E-state index is 13.7. The Labute approximate surface area is 116 Å². The maximum Gasteiger partial charge on any atom is 0.258 e. The number of anilines is 1. The van der Waals surface area contributed by atoms with Crippen molar-refractivity contribution in [3.05, 3.63) is 63.9 Å². The molecule has 0 atom stereocenters. The van der Waals surface area contributed by atoms with Crippen molar-refractivity contribution in [3.63, 3.8) is 0 Å². The SMILES string of the molecule is Cc1ccc(C(=O)Nc2ccc(Cl)cc2C)c(F)c1. The van der Waals surface area contributed by atoms with E-state index in [2.05, 4.69) is 5.32 Å². The van der Waals surface area contributed by atoms with Crippen molar-refractivity contribution < 1.29 is 9.18 Å². The normalized spacial score (nSPS) is 10.3. The van der Waals surface area contributed by atoms with Gasteiger partial charge in [0.1, 0.15) is 5.82 Å². The Balaban J connectivity index is 2.25. The van der Waals surface area contributed by atoms with Gasteiger partial charge in [-0.15, -0.1) is 0 Å². The maximum atomic E-state index is 13.7. The van der Waals surface area contributed by atoms with Crippen molar-refractivity contribution in [1.82, 2.24) is 0 Å². The van der Waals surface area contributed by atoms with Crippen molar-refractivity contribution in [2.75, 3.05) is 5.32 Å². The zero-order valence-corrected chi connectivity index (χ0v) is 11.4. The minimum absolute atomic E-state index is 0.0277. The first-order chi connectivity index (χ1) is 8.97. The van der Waals surface area contributed by atoms with E-state index in [1.54, 1.807) is 31.2 Å². The molecule has 0 spiro atoms. The summed E-state index contributed by atoms with van der Waals surface area (Å²) in [5, 5.41) is 3.27. The van der Waals surface area contributed by atoms with Gasteiger partial charge in [0.05, 0.1) is 5.56 Å². The van der Waals surface area contributed by atoms with Gasteiger partial charge in [-0.2, -0.15) is 0 Å². The van der Waals surface area contributed by atoms with Gasteiger partial charge in [0.2, 0.25) is 0 Å². The fourth-order valence-corrected chi connectivity index (χ4v) is 1.99. The summed E-state index contributed by atoms with van der Waals surface area (Å²) < 4.78 is 13.7. The Morgan fingerprint density at radius 2 is 1.89 bits per heavy atom. The third-order valence-electron chi connectivity index (χ3n) is 2.81. The minimum Gasteiger partial charge on any atom is -0.322 e. The van der Waals surface area contributed by atoms with Gasteiger partial charge in [-0.05, 0) is 55.3 Å². The van der Waals surface area contributed by atoms with Crippen LogP contribution in [0.1, 0.15) is 21.5 Å². The molecule has 19 heavy (non-hydrogen) atoms. The number of hydrogen-bond acceptors (Lipinski definition) is 1. The molecule has 0 radical (unpaired) electrons. The van der Waals surface area contributed by atoms with Crippen LogP contribution in [0.25, 0.3) is 0 Å². The Morgan fingerprint density at radius 3 is 2.53 bits per heavy atom. The molecule has 0 aliphatic heterocycles. The van der Waals surface area contributed by atoms with Crippen LogP contribution in [-0.2, 0) is 0 Å². The molecule has 2 rings (SSSR count). The molecule has 0 aliphatic carbocycles. The van der Waals surface area contributed by atoms with Crippen LogP contribution in [0, 0.1) is 19.7 Å². The van der Waals surface area contributed by atoms with Gasteiger partial charge in [-0.25, -0.2) is 4.39 Å². The van der Waals surface area contributed by atoms with Crippen molar-refractivity contribution in [3.8, 4) is 0 Å². The van der Waals surface area contributed by atoms with E-state index in [4.69, 9.17) is 11.6 Å². The summed E-state index contributed by atoms with van der Waals surface area (Å²) in [5.74, 6) is -0.993. The first-order valence-electron chi connectivity index (χ1n) is 5.81. The number of carbonyl (C=O) groups excluding carboxylic acids is 1. The van der Waals surface area contributed by atoms with Gasteiger partial charge < -0.3 is 5.32 Å². The monoisotopic (exact) mass is 277 g/mol. The molecule has 0 heterocycles. The summed E-state index contributed by atoms with van der Waals surface area (Å²) in [5.41, 5.74) is 2.25. The molecule has 0 unspecified atom stereocenters. The number of carbonyl (C=O) groups is 1. The van der Waals surface area contributed by atoms with Crippen LogP contribution in [0.15, 0.2) is 36.4 Å². The number of nitrogens with one attached hydrogen (secondary N) is 1. The molecule has 0 aliphatic rings. The molecule has 2 aromatic rings. The van der Waals surface area contributed by atoms with Gasteiger partial charge in [0.15, 0.2) is 0 Å². The molecular weight excluding hydrogens is 265 g/mol. The first-order valence-corrected chi connectivity index (χ1v) is 6.19. The minimum atomic E-state index is -0.524. The lowest BCUT2D eigenvalue weighted by molar-refractivity contribution is 0.102. The van der Waals surface area contributed by atoms with Crippen molar-refractivity contribution in [1.29, 1.82) is 0 Å². The molecule has 0 bridgehead atoms. The smallest absolute Gasteiger partial charge is 0.258 e. The average Bonchev–Trinajstić information content (AvgIpc) is 2.32. The Morgan fingerprint density at radius 1 is 1.16 bits per heavy atom. The second-order valence-electron chi connectivity index (χ2n) is 4.40. The summed E-state index contributed by atoms with van der Waals surface area (Å²) in [6.45, 7) is 3.60. The summed E-state index contributed by atoms with van der Waals surface area (Å²) >= 11 is 5.84. The Bertz CT molecular complexity index is 640. The van der Waals surface area contributed by atoms with Crippen LogP contribution in [0.3, 0.4) is 0 Å². The first kappa shape index (κ1) is 13.6. The lowest BCUT2D eigenvalue weighted by Gasteiger charge is -2.09. The second kappa shape index (κ2) is 5.41. The van der Waals surface area contributed by atoms with E-state index in [1.807, 2.05) is 6.92 Å². The quantitative estimate of drug-likeness (QED) is 0.869. The number of rotatable bonds is 2. The van der Waals surface area contributed by atoms with Crippen LogP contribution in [0.4, 0.5) is 10.1 Å². The lowest BCUT2D eigenvalue weighted by atomic mass is 10.1. The van der Waals surface area contributed by atoms with E-state index >= 15 is 0 Å². The Kier molecular flexibility index (Phi) is 3.86. The highest BCUT2D eigenvalue weighted by molar-refractivity contribution is 6.30. The van der Waals surface area contributed by atoms with E-state index in [1.165, 1.54) is 12.1 Å². The lowest BCUT2D eigenvalue weighted by Crippen LogP contribution is -2.14. The third-order valence-corrected chi connectivity index (χ3v) is 3.04. The highest BCUT2D eigenvalue weighted by atomic mass is 35.5. The number of benzene rings is 2. The molecule has 0 aromatic heterocycles. The fraction of sp³-hybridized carbons (Fsp3) is 0.133. The molecule has 0 saturated carbocycles. The molecule has 1 N–H and O–H groups in total. The molecule has 1 amide bonds. The fourth-order valence-electron chi connectivity index (χ4n) is 1.76. The standard InChI is InChI=1S/C15H13ClFNO/c1-9-3-5-12(13(17)7-9)15(19)18-14-6-4-11(16)8-10(14)2/h3-8H,1-2H3,(H,18,19). The predicted molar refractivity (Wildman–Crippen MR) is 75.3 cm³/mol. The van der Waals surface area contributed by atoms with Crippen LogP contribution >= 0.6 is 11.6 Å². The molecule has 2 aromatic carbocycles. The summed E-state index contributed by atoms with van der Waals surface area (Å²) in [7, 11) is 0. The molecule has 0 saturated heterocycles. The van der Waals surface area contributed by atoms with Crippen LogP contribution in [-0.4, -0.2) is 5.91 Å². The van der Waals surface area contributed by atoms with Crippen molar-refractivity contribution >= 4 is 23.2 Å². The number of aryl methyl sites for hydroxylation is 2. The highest BCUT2D eigenvalue weighted by Crippen LogP contribution is 2.21. The second-order valence-corrected chi connectivity index (χ2v) is 4.83. The summed E-state index contributed by atoms with van der Waals surface area (Å²) in [6, 6.07) is 9.63. The van der Waals surface area contributed by atoms with E-state index in [9.17, 15) is 9.18 Å². The van der Waals surface area contributed by atoms with Crippen molar-refractivity contribution in [2.45, 2.75) is 13.8 Å². The number of halogens is 2. The average molecular weight is 278 g/mol. The van der Waals surface area contributed by atoms with Crippen LogP contribution < -0.4 is 5.32 Å². The summed E-state index contributed by atoms with van der Waals surface area (Å²) in [4.78, 5) is 12.0. The molecule has 4 heteroatoms.